The van der Waals surface area contributed by atoms with Crippen molar-refractivity contribution in [2.24, 2.45) is 11.8 Å². The summed E-state index contributed by atoms with van der Waals surface area (Å²) >= 11 is 0. The summed E-state index contributed by atoms with van der Waals surface area (Å²) in [6.45, 7) is 8.50. The second-order valence-electron chi connectivity index (χ2n) is 16.2. The van der Waals surface area contributed by atoms with Gasteiger partial charge in [-0.2, -0.15) is 0 Å². The molecule has 0 bridgehead atoms. The molecule has 1 unspecified atom stereocenters. The molecular formula is C42H48N12O6. The average molecular weight is 817 g/mol. The number of carbonyl (C=O) groups is 4. The number of amides is 4. The number of aromatic nitrogens is 8. The fourth-order valence-corrected chi connectivity index (χ4v) is 8.47. The Morgan fingerprint density at radius 1 is 0.767 bits per heavy atom. The monoisotopic (exact) mass is 816 g/mol. The molecule has 4 aromatic heterocycles. The van der Waals surface area contributed by atoms with Gasteiger partial charge < -0.3 is 34.9 Å². The lowest BCUT2D eigenvalue weighted by atomic mass is 10.0. The molecule has 0 aliphatic carbocycles. The first kappa shape index (κ1) is 40.1. The van der Waals surface area contributed by atoms with Crippen molar-refractivity contribution in [2.75, 3.05) is 27.2 Å². The zero-order valence-corrected chi connectivity index (χ0v) is 34.3. The van der Waals surface area contributed by atoms with E-state index in [9.17, 15) is 24.3 Å². The van der Waals surface area contributed by atoms with Gasteiger partial charge in [0, 0.05) is 31.3 Å². The van der Waals surface area contributed by atoms with E-state index >= 15 is 0 Å². The van der Waals surface area contributed by atoms with Crippen LogP contribution in [0.3, 0.4) is 0 Å². The van der Waals surface area contributed by atoms with Gasteiger partial charge >= 0.3 is 12.2 Å². The van der Waals surface area contributed by atoms with Crippen LogP contribution >= 0.6 is 0 Å². The van der Waals surface area contributed by atoms with Crippen LogP contribution in [0.25, 0.3) is 55.9 Å². The Hall–Kier alpha value is -6.72. The molecule has 312 valence electrons. The minimum atomic E-state index is -1.15. The summed E-state index contributed by atoms with van der Waals surface area (Å²) in [6.07, 6.45) is 4.57. The van der Waals surface area contributed by atoms with E-state index in [0.29, 0.717) is 71.6 Å². The maximum Gasteiger partial charge on any atom is 0.407 e. The van der Waals surface area contributed by atoms with Crippen molar-refractivity contribution in [1.29, 1.82) is 0 Å². The van der Waals surface area contributed by atoms with E-state index < -0.39 is 24.3 Å². The molecule has 0 spiro atoms. The number of aromatic amines is 2. The van der Waals surface area contributed by atoms with Gasteiger partial charge in [-0.3, -0.25) is 14.5 Å². The Kier molecular flexibility index (Phi) is 10.8. The molecule has 0 saturated carbocycles. The SMILES string of the molecule is COC(=O)N[C@@H](C(=O)N1CCCC1c1nc2nc(-c3ccc4cc(-c5cnc6[nH]c([C@H]7CCCN7C(=O)[C@H](C(C)C)N(C)C(=O)O)nc6n5)ccc4c3)cnc2[nH]1)C(C)C. The topological polar surface area (TPSA) is 228 Å². The van der Waals surface area contributed by atoms with Gasteiger partial charge in [-0.05, 0) is 60.4 Å². The van der Waals surface area contributed by atoms with Crippen molar-refractivity contribution >= 4 is 57.4 Å². The molecule has 4 amide bonds. The van der Waals surface area contributed by atoms with Crippen LogP contribution in [-0.4, -0.2) is 123 Å². The minimum absolute atomic E-state index is 0.141. The minimum Gasteiger partial charge on any atom is -0.465 e. The predicted molar refractivity (Wildman–Crippen MR) is 221 cm³/mol. The molecule has 0 radical (unpaired) electrons. The number of likely N-dealkylation sites (N-methyl/N-ethyl adjacent to an activating group) is 1. The zero-order chi connectivity index (χ0) is 42.4. The summed E-state index contributed by atoms with van der Waals surface area (Å²) in [7, 11) is 2.71. The van der Waals surface area contributed by atoms with E-state index in [1.54, 1.807) is 22.2 Å². The maximum atomic E-state index is 13.7. The normalized spacial score (nSPS) is 17.9. The number of ether oxygens (including phenoxy) is 1. The molecule has 6 heterocycles. The summed E-state index contributed by atoms with van der Waals surface area (Å²) < 4.78 is 4.76. The Morgan fingerprint density at radius 2 is 1.27 bits per heavy atom. The first-order valence-electron chi connectivity index (χ1n) is 20.2. The first-order chi connectivity index (χ1) is 28.8. The highest BCUT2D eigenvalue weighted by molar-refractivity contribution is 5.91. The molecule has 2 aliphatic heterocycles. The number of H-pyrrole nitrogens is 2. The number of carboxylic acid groups (broad SMARTS) is 1. The van der Waals surface area contributed by atoms with Gasteiger partial charge in [-0.25, -0.2) is 39.5 Å². The number of carbonyl (C=O) groups excluding carboxylic acids is 3. The summed E-state index contributed by atoms with van der Waals surface area (Å²) in [5.41, 5.74) is 4.90. The maximum absolute atomic E-state index is 13.7. The Balaban J connectivity index is 0.999. The Morgan fingerprint density at radius 3 is 1.72 bits per heavy atom. The van der Waals surface area contributed by atoms with Crippen molar-refractivity contribution in [2.45, 2.75) is 77.5 Å². The van der Waals surface area contributed by atoms with Gasteiger partial charge in [-0.15, -0.1) is 0 Å². The van der Waals surface area contributed by atoms with Gasteiger partial charge in [0.05, 0.1) is 43.0 Å². The summed E-state index contributed by atoms with van der Waals surface area (Å²) in [5.74, 6) is 0.401. The quantitative estimate of drug-likeness (QED) is 0.128. The lowest BCUT2D eigenvalue weighted by Crippen LogP contribution is -2.51. The van der Waals surface area contributed by atoms with Gasteiger partial charge in [0.15, 0.2) is 22.6 Å². The van der Waals surface area contributed by atoms with E-state index in [1.165, 1.54) is 14.2 Å². The summed E-state index contributed by atoms with van der Waals surface area (Å²) in [5, 5.41) is 14.3. The number of fused-ring (bicyclic) bond motifs is 3. The highest BCUT2D eigenvalue weighted by Gasteiger charge is 2.40. The van der Waals surface area contributed by atoms with Crippen molar-refractivity contribution in [1.82, 2.24) is 59.9 Å². The summed E-state index contributed by atoms with van der Waals surface area (Å²) in [4.78, 5) is 90.7. The van der Waals surface area contributed by atoms with Crippen LogP contribution in [0.1, 0.15) is 77.1 Å². The van der Waals surface area contributed by atoms with Crippen LogP contribution in [0.15, 0.2) is 48.8 Å². The van der Waals surface area contributed by atoms with Crippen LogP contribution in [0.4, 0.5) is 9.59 Å². The van der Waals surface area contributed by atoms with Gasteiger partial charge in [-0.1, -0.05) is 52.0 Å². The van der Waals surface area contributed by atoms with Crippen LogP contribution < -0.4 is 5.32 Å². The van der Waals surface area contributed by atoms with Crippen molar-refractivity contribution in [3.63, 3.8) is 0 Å². The van der Waals surface area contributed by atoms with Crippen molar-refractivity contribution < 1.29 is 29.0 Å². The number of benzene rings is 2. The first-order valence-corrected chi connectivity index (χ1v) is 20.2. The molecule has 6 aromatic rings. The van der Waals surface area contributed by atoms with Gasteiger partial charge in [0.1, 0.15) is 23.7 Å². The van der Waals surface area contributed by atoms with Crippen molar-refractivity contribution in [3.8, 4) is 22.5 Å². The smallest absolute Gasteiger partial charge is 0.407 e. The highest BCUT2D eigenvalue weighted by atomic mass is 16.5. The number of nitrogens with one attached hydrogen (secondary N) is 3. The number of rotatable bonds is 10. The molecule has 4 N–H and O–H groups in total. The summed E-state index contributed by atoms with van der Waals surface area (Å²) in [6, 6.07) is 9.88. The molecule has 18 nitrogen and oxygen atoms in total. The molecule has 2 saturated heterocycles. The Bertz CT molecular complexity index is 2620. The molecule has 2 aromatic carbocycles. The largest absolute Gasteiger partial charge is 0.465 e. The zero-order valence-electron chi connectivity index (χ0n) is 34.3. The third kappa shape index (κ3) is 7.52. The fourth-order valence-electron chi connectivity index (χ4n) is 8.47. The number of hydrogen-bond acceptors (Lipinski definition) is 11. The molecule has 18 heteroatoms. The average Bonchev–Trinajstić information content (AvgIpc) is 4.07. The number of hydrogen-bond donors (Lipinski definition) is 4. The second-order valence-corrected chi connectivity index (χ2v) is 16.2. The lowest BCUT2D eigenvalue weighted by molar-refractivity contribution is -0.138. The third-order valence-corrected chi connectivity index (χ3v) is 11.6. The molecular weight excluding hydrogens is 769 g/mol. The van der Waals surface area contributed by atoms with E-state index in [-0.39, 0.29) is 35.7 Å². The van der Waals surface area contributed by atoms with E-state index in [0.717, 1.165) is 39.6 Å². The van der Waals surface area contributed by atoms with Crippen molar-refractivity contribution in [3.05, 3.63) is 60.4 Å². The number of nitrogens with zero attached hydrogens (tertiary/aromatic N) is 9. The predicted octanol–water partition coefficient (Wildman–Crippen LogP) is 5.85. The number of likely N-dealkylation sites (tertiary alicyclic amines) is 2. The molecule has 2 fully saturated rings. The highest BCUT2D eigenvalue weighted by Crippen LogP contribution is 2.35. The van der Waals surface area contributed by atoms with E-state index in [1.807, 2.05) is 64.1 Å². The fraction of sp³-hybridized carbons (Fsp3) is 0.429. The second kappa shape index (κ2) is 16.1. The number of imidazole rings is 2. The van der Waals surface area contributed by atoms with E-state index in [4.69, 9.17) is 24.7 Å². The van der Waals surface area contributed by atoms with Gasteiger partial charge in [0.2, 0.25) is 11.8 Å². The number of methoxy groups -OCH3 is 1. The van der Waals surface area contributed by atoms with Crippen LogP contribution in [0, 0.1) is 11.8 Å². The molecule has 60 heavy (non-hydrogen) atoms. The Labute approximate surface area is 345 Å². The van der Waals surface area contributed by atoms with Crippen LogP contribution in [-0.2, 0) is 14.3 Å². The van der Waals surface area contributed by atoms with Crippen LogP contribution in [0.2, 0.25) is 0 Å². The lowest BCUT2D eigenvalue weighted by Gasteiger charge is -2.33. The van der Waals surface area contributed by atoms with E-state index in [2.05, 4.69) is 25.3 Å². The molecule has 8 rings (SSSR count). The molecule has 4 atom stereocenters. The third-order valence-electron chi connectivity index (χ3n) is 11.6. The van der Waals surface area contributed by atoms with Crippen LogP contribution in [0.5, 0.6) is 0 Å². The van der Waals surface area contributed by atoms with Gasteiger partial charge in [0.25, 0.3) is 0 Å². The standard InChI is InChI=1S/C42H48N12O6/c1-21(2)31(47-41(57)60-6)39(55)53-15-7-9-29(53)33-48-35-37(50-33)45-27(19-43-35)25-13-11-24-18-26(14-12-23(24)17-25)28-20-44-36-38(46-28)51-34(49-36)30-10-8-16-54(30)40(56)32(22(3)4)52(5)42(58)59/h11-14,17-22,29-32H,7-10,15-16H2,1-6H3,(H,47,57)(H,58,59)(H,43,45,48,50)(H,44,46,49,51)/t29?,30-,31-,32+/m1/s1. The number of alkyl carbamates (subject to hydrolysis) is 1. The molecule has 2 aliphatic rings.